The average Bonchev–Trinajstić information content (AvgIpc) is 2.29. The maximum Gasteiger partial charge on any atom is 0.236 e. The highest BCUT2D eigenvalue weighted by Gasteiger charge is 2.29. The highest BCUT2D eigenvalue weighted by molar-refractivity contribution is 5.81. The van der Waals surface area contributed by atoms with E-state index in [1.54, 1.807) is 0 Å². The van der Waals surface area contributed by atoms with Crippen molar-refractivity contribution in [3.8, 4) is 0 Å². The maximum atomic E-state index is 11.5. The van der Waals surface area contributed by atoms with E-state index in [-0.39, 0.29) is 17.5 Å². The summed E-state index contributed by atoms with van der Waals surface area (Å²) in [6.45, 7) is 10.2. The first-order valence-corrected chi connectivity index (χ1v) is 6.33. The van der Waals surface area contributed by atoms with Gasteiger partial charge in [0.15, 0.2) is 0 Å². The number of rotatable bonds is 5. The van der Waals surface area contributed by atoms with Crippen molar-refractivity contribution in [3.05, 3.63) is 0 Å². The first kappa shape index (κ1) is 14.4. The van der Waals surface area contributed by atoms with Gasteiger partial charge in [-0.15, -0.1) is 0 Å². The standard InChI is InChI=1S/C12H25N3O2/c1-4-10(13)11(16)14-5-6-15-7-8-17-9-12(15,2)3/h10H,4-9,13H2,1-3H3,(H,14,16)/t10-/m0/s1. The van der Waals surface area contributed by atoms with Gasteiger partial charge in [0.1, 0.15) is 0 Å². The third-order valence-corrected chi connectivity index (χ3v) is 3.27. The smallest absolute Gasteiger partial charge is 0.236 e. The van der Waals surface area contributed by atoms with Crippen LogP contribution in [0.4, 0.5) is 0 Å². The Labute approximate surface area is 104 Å². The van der Waals surface area contributed by atoms with Crippen molar-refractivity contribution in [1.29, 1.82) is 0 Å². The van der Waals surface area contributed by atoms with Crippen molar-refractivity contribution < 1.29 is 9.53 Å². The average molecular weight is 243 g/mol. The summed E-state index contributed by atoms with van der Waals surface area (Å²) < 4.78 is 5.45. The van der Waals surface area contributed by atoms with Crippen LogP contribution in [0, 0.1) is 0 Å². The molecule has 100 valence electrons. The van der Waals surface area contributed by atoms with Crippen LogP contribution in [-0.2, 0) is 9.53 Å². The normalized spacial score (nSPS) is 22.1. The van der Waals surface area contributed by atoms with E-state index in [0.717, 1.165) is 26.3 Å². The fraction of sp³-hybridized carbons (Fsp3) is 0.917. The molecule has 17 heavy (non-hydrogen) atoms. The van der Waals surface area contributed by atoms with Crippen LogP contribution in [0.25, 0.3) is 0 Å². The van der Waals surface area contributed by atoms with Crippen LogP contribution in [0.2, 0.25) is 0 Å². The predicted molar refractivity (Wildman–Crippen MR) is 67.7 cm³/mol. The summed E-state index contributed by atoms with van der Waals surface area (Å²) in [5.41, 5.74) is 5.69. The number of morpholine rings is 1. The third kappa shape index (κ3) is 4.26. The molecule has 0 radical (unpaired) electrons. The molecule has 1 rings (SSSR count). The van der Waals surface area contributed by atoms with Gasteiger partial charge < -0.3 is 15.8 Å². The van der Waals surface area contributed by atoms with Gasteiger partial charge in [0.2, 0.25) is 5.91 Å². The number of nitrogens with one attached hydrogen (secondary N) is 1. The summed E-state index contributed by atoms with van der Waals surface area (Å²) in [7, 11) is 0. The Morgan fingerprint density at radius 1 is 1.59 bits per heavy atom. The van der Waals surface area contributed by atoms with Crippen LogP contribution in [0.15, 0.2) is 0 Å². The van der Waals surface area contributed by atoms with E-state index in [9.17, 15) is 4.79 Å². The SMILES string of the molecule is CC[C@H](N)C(=O)NCCN1CCOCC1(C)C. The summed E-state index contributed by atoms with van der Waals surface area (Å²) in [4.78, 5) is 13.8. The number of carbonyl (C=O) groups excluding carboxylic acids is 1. The minimum Gasteiger partial charge on any atom is -0.378 e. The molecule has 1 aliphatic heterocycles. The van der Waals surface area contributed by atoms with E-state index < -0.39 is 0 Å². The van der Waals surface area contributed by atoms with E-state index in [1.165, 1.54) is 0 Å². The summed E-state index contributed by atoms with van der Waals surface area (Å²) in [5, 5.41) is 2.87. The number of ether oxygens (including phenoxy) is 1. The van der Waals surface area contributed by atoms with Crippen molar-refractivity contribution in [2.24, 2.45) is 5.73 Å². The second-order valence-corrected chi connectivity index (χ2v) is 5.16. The first-order chi connectivity index (χ1) is 7.97. The number of hydrogen-bond acceptors (Lipinski definition) is 4. The Bertz CT molecular complexity index is 256. The van der Waals surface area contributed by atoms with Crippen LogP contribution < -0.4 is 11.1 Å². The van der Waals surface area contributed by atoms with E-state index in [1.807, 2.05) is 6.92 Å². The van der Waals surface area contributed by atoms with E-state index in [4.69, 9.17) is 10.5 Å². The van der Waals surface area contributed by atoms with Gasteiger partial charge in [0, 0.05) is 25.2 Å². The molecule has 0 bridgehead atoms. The predicted octanol–water partition coefficient (Wildman–Crippen LogP) is -0.0493. The Hall–Kier alpha value is -0.650. The Balaban J connectivity index is 2.28. The number of nitrogens with zero attached hydrogens (tertiary/aromatic N) is 1. The van der Waals surface area contributed by atoms with Gasteiger partial charge in [-0.3, -0.25) is 9.69 Å². The van der Waals surface area contributed by atoms with Crippen molar-refractivity contribution >= 4 is 5.91 Å². The van der Waals surface area contributed by atoms with Crippen molar-refractivity contribution in [3.63, 3.8) is 0 Å². The van der Waals surface area contributed by atoms with Crippen molar-refractivity contribution in [2.75, 3.05) is 32.8 Å². The molecule has 0 aliphatic carbocycles. The number of carbonyl (C=O) groups is 1. The lowest BCUT2D eigenvalue weighted by Gasteiger charge is -2.42. The molecule has 1 aliphatic rings. The number of nitrogens with two attached hydrogens (primary N) is 1. The zero-order chi connectivity index (χ0) is 12.9. The minimum absolute atomic E-state index is 0.0514. The zero-order valence-corrected chi connectivity index (χ0v) is 11.2. The Morgan fingerprint density at radius 2 is 2.29 bits per heavy atom. The topological polar surface area (TPSA) is 67.6 Å². The molecule has 5 nitrogen and oxygen atoms in total. The minimum atomic E-state index is -0.382. The van der Waals surface area contributed by atoms with Gasteiger partial charge in [-0.25, -0.2) is 0 Å². The van der Waals surface area contributed by atoms with Gasteiger partial charge in [0.05, 0.1) is 19.3 Å². The van der Waals surface area contributed by atoms with E-state index >= 15 is 0 Å². The van der Waals surface area contributed by atoms with Crippen LogP contribution in [0.5, 0.6) is 0 Å². The summed E-state index contributed by atoms with van der Waals surface area (Å²) in [5.74, 6) is -0.0569. The quantitative estimate of drug-likeness (QED) is 0.710. The van der Waals surface area contributed by atoms with Gasteiger partial charge >= 0.3 is 0 Å². The maximum absolute atomic E-state index is 11.5. The molecule has 0 aromatic carbocycles. The second kappa shape index (κ2) is 6.33. The van der Waals surface area contributed by atoms with E-state index in [0.29, 0.717) is 13.0 Å². The molecule has 0 spiro atoms. The van der Waals surface area contributed by atoms with E-state index in [2.05, 4.69) is 24.1 Å². The Kier molecular flexibility index (Phi) is 5.36. The molecular weight excluding hydrogens is 218 g/mol. The molecule has 5 heteroatoms. The number of hydrogen-bond donors (Lipinski definition) is 2. The molecule has 0 aromatic heterocycles. The van der Waals surface area contributed by atoms with Gasteiger partial charge in [-0.2, -0.15) is 0 Å². The lowest BCUT2D eigenvalue weighted by Crippen LogP contribution is -2.55. The molecule has 1 saturated heterocycles. The molecular formula is C12H25N3O2. The van der Waals surface area contributed by atoms with Crippen molar-refractivity contribution in [2.45, 2.75) is 38.8 Å². The first-order valence-electron chi connectivity index (χ1n) is 6.33. The van der Waals surface area contributed by atoms with Crippen LogP contribution in [0.1, 0.15) is 27.2 Å². The Morgan fingerprint density at radius 3 is 2.88 bits per heavy atom. The zero-order valence-electron chi connectivity index (χ0n) is 11.2. The molecule has 1 fully saturated rings. The van der Waals surface area contributed by atoms with Crippen LogP contribution >= 0.6 is 0 Å². The van der Waals surface area contributed by atoms with Gasteiger partial charge in [-0.1, -0.05) is 6.92 Å². The largest absolute Gasteiger partial charge is 0.378 e. The lowest BCUT2D eigenvalue weighted by molar-refractivity contribution is -0.122. The van der Waals surface area contributed by atoms with Gasteiger partial charge in [-0.05, 0) is 20.3 Å². The summed E-state index contributed by atoms with van der Waals surface area (Å²) in [6.07, 6.45) is 0.675. The fourth-order valence-electron chi connectivity index (χ4n) is 1.94. The number of amides is 1. The van der Waals surface area contributed by atoms with Crippen molar-refractivity contribution in [1.82, 2.24) is 10.2 Å². The molecule has 0 saturated carbocycles. The monoisotopic (exact) mass is 243 g/mol. The molecule has 0 unspecified atom stereocenters. The summed E-state index contributed by atoms with van der Waals surface area (Å²) in [6, 6.07) is -0.382. The van der Waals surface area contributed by atoms with Crippen LogP contribution in [-0.4, -0.2) is 55.2 Å². The fourth-order valence-corrected chi connectivity index (χ4v) is 1.94. The second-order valence-electron chi connectivity index (χ2n) is 5.16. The molecule has 1 atom stereocenters. The van der Waals surface area contributed by atoms with Crippen LogP contribution in [0.3, 0.4) is 0 Å². The highest BCUT2D eigenvalue weighted by Crippen LogP contribution is 2.17. The molecule has 3 N–H and O–H groups in total. The molecule has 1 amide bonds. The van der Waals surface area contributed by atoms with Gasteiger partial charge in [0.25, 0.3) is 0 Å². The lowest BCUT2D eigenvalue weighted by atomic mass is 10.0. The molecule has 1 heterocycles. The molecule has 0 aromatic rings. The third-order valence-electron chi connectivity index (χ3n) is 3.27. The summed E-state index contributed by atoms with van der Waals surface area (Å²) >= 11 is 0. The highest BCUT2D eigenvalue weighted by atomic mass is 16.5.